The maximum Gasteiger partial charge on any atom is 0.417 e. The van der Waals surface area contributed by atoms with E-state index in [9.17, 15) is 24.3 Å². The third kappa shape index (κ3) is 5.16. The van der Waals surface area contributed by atoms with Crippen molar-refractivity contribution >= 4 is 34.9 Å². The first-order valence-electron chi connectivity index (χ1n) is 12.2. The van der Waals surface area contributed by atoms with Crippen molar-refractivity contribution in [2.24, 2.45) is 0 Å². The number of aryl methyl sites for hydroxylation is 1. The SMILES string of the molecule is Cc1cc(CC(OC(=O)N2CCC(N3CCc4ccccc4NC3=O)CC2)C(=O)O)cc2oc(=O)[nH]c12. The van der Waals surface area contributed by atoms with Crippen LogP contribution in [-0.2, 0) is 22.4 Å². The average molecular weight is 509 g/mol. The van der Waals surface area contributed by atoms with Crippen LogP contribution in [0.2, 0.25) is 0 Å². The zero-order valence-corrected chi connectivity index (χ0v) is 20.4. The minimum Gasteiger partial charge on any atom is -0.478 e. The van der Waals surface area contributed by atoms with Crippen LogP contribution in [-0.4, -0.2) is 69.8 Å². The molecule has 3 heterocycles. The van der Waals surface area contributed by atoms with Gasteiger partial charge in [-0.1, -0.05) is 24.3 Å². The lowest BCUT2D eigenvalue weighted by atomic mass is 10.0. The number of carboxylic acids is 1. The number of likely N-dealkylation sites (tertiary alicyclic amines) is 1. The molecule has 2 aliphatic heterocycles. The number of carboxylic acid groups (broad SMARTS) is 1. The van der Waals surface area contributed by atoms with Crippen molar-refractivity contribution in [1.29, 1.82) is 0 Å². The van der Waals surface area contributed by atoms with Crippen LogP contribution < -0.4 is 11.1 Å². The van der Waals surface area contributed by atoms with Gasteiger partial charge in [-0.2, -0.15) is 0 Å². The van der Waals surface area contributed by atoms with Crippen LogP contribution in [0.25, 0.3) is 11.1 Å². The number of nitrogens with one attached hydrogen (secondary N) is 2. The Hall–Kier alpha value is -4.28. The fourth-order valence-corrected chi connectivity index (χ4v) is 5.10. The van der Waals surface area contributed by atoms with Gasteiger partial charge in [-0.15, -0.1) is 0 Å². The lowest BCUT2D eigenvalue weighted by molar-refractivity contribution is -0.147. The molecule has 1 unspecified atom stereocenters. The van der Waals surface area contributed by atoms with Gasteiger partial charge in [-0.25, -0.2) is 19.2 Å². The number of para-hydroxylation sites is 1. The van der Waals surface area contributed by atoms with Crippen molar-refractivity contribution in [3.63, 3.8) is 0 Å². The largest absolute Gasteiger partial charge is 0.478 e. The van der Waals surface area contributed by atoms with Gasteiger partial charge in [0.05, 0.1) is 5.52 Å². The Morgan fingerprint density at radius 1 is 1.16 bits per heavy atom. The molecule has 0 spiro atoms. The number of nitrogens with zero attached hydrogens (tertiary/aromatic N) is 2. The fraction of sp³-hybridized carbons (Fsp3) is 0.385. The zero-order chi connectivity index (χ0) is 26.1. The highest BCUT2D eigenvalue weighted by Gasteiger charge is 2.33. The summed E-state index contributed by atoms with van der Waals surface area (Å²) < 4.78 is 10.5. The van der Waals surface area contributed by atoms with Gasteiger partial charge in [0, 0.05) is 37.8 Å². The summed E-state index contributed by atoms with van der Waals surface area (Å²) in [6, 6.07) is 10.9. The van der Waals surface area contributed by atoms with Crippen LogP contribution >= 0.6 is 0 Å². The molecular weight excluding hydrogens is 480 g/mol. The standard InChI is InChI=1S/C26H28N4O7/c1-15-12-16(13-20-22(15)28-25(34)36-20)14-21(23(31)32)37-26(35)29-9-7-18(8-10-29)30-11-6-17-4-2-3-5-19(17)27-24(30)33/h2-5,12-13,18,21H,6-11,14H2,1H3,(H,27,33)(H,28,34)(H,31,32). The Kier molecular flexibility index (Phi) is 6.60. The number of ether oxygens (including phenoxy) is 1. The molecule has 37 heavy (non-hydrogen) atoms. The molecule has 0 bridgehead atoms. The number of aromatic amines is 1. The normalized spacial score (nSPS) is 17.2. The second-order valence-electron chi connectivity index (χ2n) is 9.46. The second-order valence-corrected chi connectivity index (χ2v) is 9.46. The monoisotopic (exact) mass is 508 g/mol. The molecule has 3 aromatic rings. The maximum absolute atomic E-state index is 12.8. The molecule has 3 N–H and O–H groups in total. The molecule has 0 radical (unpaired) electrons. The van der Waals surface area contributed by atoms with E-state index in [-0.39, 0.29) is 18.5 Å². The fourth-order valence-electron chi connectivity index (χ4n) is 5.10. The Morgan fingerprint density at radius 3 is 2.68 bits per heavy atom. The molecule has 1 fully saturated rings. The number of anilines is 1. The lowest BCUT2D eigenvalue weighted by Crippen LogP contribution is -2.50. The van der Waals surface area contributed by atoms with E-state index in [0.717, 1.165) is 23.2 Å². The maximum atomic E-state index is 12.8. The number of fused-ring (bicyclic) bond motifs is 2. The summed E-state index contributed by atoms with van der Waals surface area (Å²) in [4.78, 5) is 54.9. The summed E-state index contributed by atoms with van der Waals surface area (Å²) in [7, 11) is 0. The van der Waals surface area contributed by atoms with E-state index in [1.807, 2.05) is 29.2 Å². The number of piperidine rings is 1. The van der Waals surface area contributed by atoms with E-state index in [1.54, 1.807) is 19.1 Å². The van der Waals surface area contributed by atoms with Crippen molar-refractivity contribution in [1.82, 2.24) is 14.8 Å². The van der Waals surface area contributed by atoms with E-state index in [4.69, 9.17) is 9.15 Å². The molecule has 1 saturated heterocycles. The number of hydrogen-bond donors (Lipinski definition) is 3. The number of aliphatic carboxylic acids is 1. The minimum atomic E-state index is -1.40. The van der Waals surface area contributed by atoms with Crippen molar-refractivity contribution in [2.75, 3.05) is 25.0 Å². The average Bonchev–Trinajstić information content (AvgIpc) is 3.16. The summed E-state index contributed by atoms with van der Waals surface area (Å²) >= 11 is 0. The quantitative estimate of drug-likeness (QED) is 0.480. The third-order valence-corrected chi connectivity index (χ3v) is 7.03. The van der Waals surface area contributed by atoms with E-state index in [2.05, 4.69) is 10.3 Å². The number of H-pyrrole nitrogens is 1. The molecule has 2 aliphatic rings. The summed E-state index contributed by atoms with van der Waals surface area (Å²) in [5.74, 6) is -1.86. The molecule has 3 amide bonds. The molecule has 11 nitrogen and oxygen atoms in total. The molecular formula is C26H28N4O7. The molecule has 0 saturated carbocycles. The first kappa shape index (κ1) is 24.4. The first-order valence-corrected chi connectivity index (χ1v) is 12.2. The van der Waals surface area contributed by atoms with Crippen molar-refractivity contribution in [3.8, 4) is 0 Å². The Balaban J connectivity index is 1.19. The number of carbonyl (C=O) groups is 3. The molecule has 11 heteroatoms. The topological polar surface area (TPSA) is 145 Å². The highest BCUT2D eigenvalue weighted by atomic mass is 16.6. The molecule has 0 aliphatic carbocycles. The predicted molar refractivity (Wildman–Crippen MR) is 134 cm³/mol. The third-order valence-electron chi connectivity index (χ3n) is 7.03. The number of carbonyl (C=O) groups excluding carboxylic acids is 2. The lowest BCUT2D eigenvalue weighted by Gasteiger charge is -2.37. The van der Waals surface area contributed by atoms with Gasteiger partial charge < -0.3 is 29.4 Å². The van der Waals surface area contributed by atoms with Gasteiger partial charge in [0.1, 0.15) is 0 Å². The van der Waals surface area contributed by atoms with Crippen LogP contribution in [0.15, 0.2) is 45.6 Å². The molecule has 1 aromatic heterocycles. The summed E-state index contributed by atoms with van der Waals surface area (Å²) in [6.07, 6.45) is -0.294. The summed E-state index contributed by atoms with van der Waals surface area (Å²) in [5.41, 5.74) is 4.06. The molecule has 1 atom stereocenters. The van der Waals surface area contributed by atoms with Gasteiger partial charge in [-0.3, -0.25) is 4.98 Å². The number of urea groups is 1. The minimum absolute atomic E-state index is 0.0284. The van der Waals surface area contributed by atoms with Crippen molar-refractivity contribution in [2.45, 2.75) is 44.8 Å². The van der Waals surface area contributed by atoms with E-state index >= 15 is 0 Å². The van der Waals surface area contributed by atoms with Gasteiger partial charge in [0.25, 0.3) is 0 Å². The van der Waals surface area contributed by atoms with Crippen molar-refractivity contribution in [3.05, 3.63) is 63.6 Å². The molecule has 194 valence electrons. The number of hydrogen-bond acceptors (Lipinski definition) is 6. The van der Waals surface area contributed by atoms with E-state index < -0.39 is 23.9 Å². The number of rotatable bonds is 5. The Morgan fingerprint density at radius 2 is 1.92 bits per heavy atom. The van der Waals surface area contributed by atoms with Gasteiger partial charge >= 0.3 is 23.8 Å². The van der Waals surface area contributed by atoms with Gasteiger partial charge in [0.15, 0.2) is 5.58 Å². The predicted octanol–water partition coefficient (Wildman–Crippen LogP) is 3.12. The first-order chi connectivity index (χ1) is 17.8. The Labute approximate surface area is 212 Å². The van der Waals surface area contributed by atoms with E-state index in [0.29, 0.717) is 49.1 Å². The van der Waals surface area contributed by atoms with Gasteiger partial charge in [-0.05, 0) is 55.0 Å². The molecule has 5 rings (SSSR count). The summed E-state index contributed by atoms with van der Waals surface area (Å²) in [6.45, 7) is 3.06. The van der Waals surface area contributed by atoms with Crippen LogP contribution in [0.5, 0.6) is 0 Å². The smallest absolute Gasteiger partial charge is 0.417 e. The van der Waals surface area contributed by atoms with Crippen LogP contribution in [0.1, 0.15) is 29.5 Å². The van der Waals surface area contributed by atoms with Crippen LogP contribution in [0, 0.1) is 6.92 Å². The number of benzene rings is 2. The summed E-state index contributed by atoms with van der Waals surface area (Å²) in [5, 5.41) is 12.7. The Bertz CT molecular complexity index is 1400. The van der Waals surface area contributed by atoms with Crippen LogP contribution in [0.4, 0.5) is 15.3 Å². The number of aromatic nitrogens is 1. The number of amides is 3. The highest BCUT2D eigenvalue weighted by molar-refractivity contribution is 5.91. The molecule has 2 aromatic carbocycles. The zero-order valence-electron chi connectivity index (χ0n) is 20.4. The van der Waals surface area contributed by atoms with Crippen LogP contribution in [0.3, 0.4) is 0 Å². The highest BCUT2D eigenvalue weighted by Crippen LogP contribution is 2.25. The van der Waals surface area contributed by atoms with Gasteiger partial charge in [0.2, 0.25) is 6.10 Å². The van der Waals surface area contributed by atoms with Crippen molar-refractivity contribution < 1.29 is 28.6 Å². The second kappa shape index (κ2) is 10.00. The van der Waals surface area contributed by atoms with E-state index in [1.165, 1.54) is 4.90 Å². The number of oxazole rings is 1.